The van der Waals surface area contributed by atoms with Gasteiger partial charge in [0.25, 0.3) is 0 Å². The second-order valence-corrected chi connectivity index (χ2v) is 4.46. The molecule has 3 N–H and O–H groups in total. The average molecular weight is 292 g/mol. The number of imidazole rings is 1. The third-order valence-corrected chi connectivity index (χ3v) is 2.95. The standard InChI is InChI=1S/C14H17FN4O2/c1-10-16-4-6-19(10)13-3-2-11(8-12(13)15)9-18-14(21)17-5-7-20/h2-4,6,8,20H,5,7,9H2,1H3,(H2,17,18,21). The summed E-state index contributed by atoms with van der Waals surface area (Å²) in [6, 6.07) is 4.36. The van der Waals surface area contributed by atoms with Crippen molar-refractivity contribution in [2.45, 2.75) is 13.5 Å². The van der Waals surface area contributed by atoms with E-state index in [-0.39, 0.29) is 25.5 Å². The number of carbonyl (C=O) groups is 1. The Morgan fingerprint density at radius 2 is 2.24 bits per heavy atom. The minimum Gasteiger partial charge on any atom is -0.395 e. The van der Waals surface area contributed by atoms with Crippen LogP contribution in [0.3, 0.4) is 0 Å². The number of rotatable bonds is 5. The highest BCUT2D eigenvalue weighted by Gasteiger charge is 2.08. The second-order valence-electron chi connectivity index (χ2n) is 4.46. The number of benzene rings is 1. The van der Waals surface area contributed by atoms with Gasteiger partial charge in [-0.25, -0.2) is 14.2 Å². The van der Waals surface area contributed by atoms with E-state index < -0.39 is 6.03 Å². The van der Waals surface area contributed by atoms with Crippen LogP contribution in [-0.2, 0) is 6.54 Å². The summed E-state index contributed by atoms with van der Waals surface area (Å²) < 4.78 is 15.8. The zero-order valence-electron chi connectivity index (χ0n) is 11.6. The maximum absolute atomic E-state index is 14.1. The molecule has 7 heteroatoms. The molecule has 1 aromatic carbocycles. The molecule has 0 saturated carbocycles. The van der Waals surface area contributed by atoms with E-state index in [0.717, 1.165) is 0 Å². The molecule has 6 nitrogen and oxygen atoms in total. The highest BCUT2D eigenvalue weighted by Crippen LogP contribution is 2.16. The minimum absolute atomic E-state index is 0.124. The van der Waals surface area contributed by atoms with E-state index in [1.54, 1.807) is 36.0 Å². The molecule has 0 fully saturated rings. The van der Waals surface area contributed by atoms with Gasteiger partial charge in [-0.1, -0.05) is 6.07 Å². The molecule has 0 aliphatic heterocycles. The molecule has 0 spiro atoms. The first kappa shape index (κ1) is 15.0. The Kier molecular flexibility index (Phi) is 4.89. The van der Waals surface area contributed by atoms with Crippen molar-refractivity contribution < 1.29 is 14.3 Å². The van der Waals surface area contributed by atoms with Crippen molar-refractivity contribution in [3.05, 3.63) is 47.8 Å². The first-order chi connectivity index (χ1) is 10.1. The summed E-state index contributed by atoms with van der Waals surface area (Å²) in [5, 5.41) is 13.6. The summed E-state index contributed by atoms with van der Waals surface area (Å²) in [4.78, 5) is 15.4. The lowest BCUT2D eigenvalue weighted by Gasteiger charge is -2.10. The monoisotopic (exact) mass is 292 g/mol. The molecule has 112 valence electrons. The topological polar surface area (TPSA) is 79.2 Å². The van der Waals surface area contributed by atoms with Crippen molar-refractivity contribution in [2.24, 2.45) is 0 Å². The summed E-state index contributed by atoms with van der Waals surface area (Å²) in [7, 11) is 0. The molecule has 0 aliphatic carbocycles. The molecule has 2 amide bonds. The van der Waals surface area contributed by atoms with Crippen molar-refractivity contribution in [1.82, 2.24) is 20.2 Å². The number of carbonyl (C=O) groups excluding carboxylic acids is 1. The highest BCUT2D eigenvalue weighted by molar-refractivity contribution is 5.73. The summed E-state index contributed by atoms with van der Waals surface area (Å²) in [5.41, 5.74) is 1.06. The van der Waals surface area contributed by atoms with Crippen LogP contribution in [-0.4, -0.2) is 33.8 Å². The van der Waals surface area contributed by atoms with Gasteiger partial charge in [-0.2, -0.15) is 0 Å². The van der Waals surface area contributed by atoms with Gasteiger partial charge in [0.2, 0.25) is 0 Å². The lowest BCUT2D eigenvalue weighted by Crippen LogP contribution is -2.36. The van der Waals surface area contributed by atoms with E-state index >= 15 is 0 Å². The first-order valence-electron chi connectivity index (χ1n) is 6.53. The molecule has 2 rings (SSSR count). The summed E-state index contributed by atoms with van der Waals surface area (Å²) in [5.74, 6) is 0.314. The molecule has 21 heavy (non-hydrogen) atoms. The highest BCUT2D eigenvalue weighted by atomic mass is 19.1. The third kappa shape index (κ3) is 3.79. The zero-order valence-corrected chi connectivity index (χ0v) is 11.6. The molecule has 0 saturated heterocycles. The number of aryl methyl sites for hydroxylation is 1. The fraction of sp³-hybridized carbons (Fsp3) is 0.286. The SMILES string of the molecule is Cc1nccn1-c1ccc(CNC(=O)NCCO)cc1F. The third-order valence-electron chi connectivity index (χ3n) is 2.95. The van der Waals surface area contributed by atoms with Crippen LogP contribution >= 0.6 is 0 Å². The van der Waals surface area contributed by atoms with E-state index in [0.29, 0.717) is 17.1 Å². The number of nitrogens with zero attached hydrogens (tertiary/aromatic N) is 2. The number of aromatic nitrogens is 2. The normalized spacial score (nSPS) is 10.4. The molecule has 1 aromatic heterocycles. The van der Waals surface area contributed by atoms with Gasteiger partial charge in [0.15, 0.2) is 0 Å². The molecular weight excluding hydrogens is 275 g/mol. The quantitative estimate of drug-likeness (QED) is 0.772. The van der Waals surface area contributed by atoms with Gasteiger partial charge in [-0.15, -0.1) is 0 Å². The predicted molar refractivity (Wildman–Crippen MR) is 75.6 cm³/mol. The maximum atomic E-state index is 14.1. The van der Waals surface area contributed by atoms with Crippen molar-refractivity contribution in [2.75, 3.05) is 13.2 Å². The average Bonchev–Trinajstić information content (AvgIpc) is 2.89. The van der Waals surface area contributed by atoms with Crippen LogP contribution in [0.15, 0.2) is 30.6 Å². The van der Waals surface area contributed by atoms with Crippen LogP contribution < -0.4 is 10.6 Å². The van der Waals surface area contributed by atoms with E-state index in [1.807, 2.05) is 0 Å². The van der Waals surface area contributed by atoms with E-state index in [2.05, 4.69) is 15.6 Å². The smallest absolute Gasteiger partial charge is 0.315 e. The van der Waals surface area contributed by atoms with E-state index in [4.69, 9.17) is 5.11 Å². The van der Waals surface area contributed by atoms with Gasteiger partial charge in [0.1, 0.15) is 11.6 Å². The van der Waals surface area contributed by atoms with Crippen LogP contribution in [0.4, 0.5) is 9.18 Å². The molecule has 0 aliphatic rings. The summed E-state index contributed by atoms with van der Waals surface area (Å²) in [6.07, 6.45) is 3.30. The molecule has 0 unspecified atom stereocenters. The maximum Gasteiger partial charge on any atom is 0.315 e. The number of hydrogen-bond acceptors (Lipinski definition) is 3. The molecule has 0 bridgehead atoms. The minimum atomic E-state index is -0.404. The molecular formula is C14H17FN4O2. The zero-order chi connectivity index (χ0) is 15.2. The van der Waals surface area contributed by atoms with Gasteiger partial charge in [0.05, 0.1) is 12.3 Å². The Hall–Kier alpha value is -2.41. The van der Waals surface area contributed by atoms with Crippen LogP contribution in [0.5, 0.6) is 0 Å². The van der Waals surface area contributed by atoms with E-state index in [9.17, 15) is 9.18 Å². The number of aliphatic hydroxyl groups excluding tert-OH is 1. The molecule has 1 heterocycles. The Morgan fingerprint density at radius 3 is 2.86 bits per heavy atom. The Bertz CT molecular complexity index is 627. The fourth-order valence-electron chi connectivity index (χ4n) is 1.90. The largest absolute Gasteiger partial charge is 0.395 e. The number of amides is 2. The number of urea groups is 1. The van der Waals surface area contributed by atoms with Gasteiger partial charge in [-0.05, 0) is 24.6 Å². The van der Waals surface area contributed by atoms with Gasteiger partial charge in [0, 0.05) is 25.5 Å². The van der Waals surface area contributed by atoms with Crippen LogP contribution in [0.25, 0.3) is 5.69 Å². The van der Waals surface area contributed by atoms with Crippen molar-refractivity contribution >= 4 is 6.03 Å². The fourth-order valence-corrected chi connectivity index (χ4v) is 1.90. The lowest BCUT2D eigenvalue weighted by atomic mass is 10.2. The lowest BCUT2D eigenvalue weighted by molar-refractivity contribution is 0.234. The Morgan fingerprint density at radius 1 is 1.43 bits per heavy atom. The van der Waals surface area contributed by atoms with Gasteiger partial charge in [-0.3, -0.25) is 0 Å². The van der Waals surface area contributed by atoms with Crippen LogP contribution in [0.1, 0.15) is 11.4 Å². The molecule has 2 aromatic rings. The van der Waals surface area contributed by atoms with E-state index in [1.165, 1.54) is 6.07 Å². The Balaban J connectivity index is 2.03. The van der Waals surface area contributed by atoms with Crippen LogP contribution in [0, 0.1) is 12.7 Å². The van der Waals surface area contributed by atoms with Crippen molar-refractivity contribution in [3.8, 4) is 5.69 Å². The van der Waals surface area contributed by atoms with Gasteiger partial charge >= 0.3 is 6.03 Å². The van der Waals surface area contributed by atoms with Crippen molar-refractivity contribution in [1.29, 1.82) is 0 Å². The number of nitrogens with one attached hydrogen (secondary N) is 2. The second kappa shape index (κ2) is 6.85. The molecule has 0 atom stereocenters. The predicted octanol–water partition coefficient (Wildman–Crippen LogP) is 1.11. The summed E-state index contributed by atoms with van der Waals surface area (Å²) >= 11 is 0. The Labute approximate surface area is 121 Å². The van der Waals surface area contributed by atoms with Gasteiger partial charge < -0.3 is 20.3 Å². The van der Waals surface area contributed by atoms with Crippen molar-refractivity contribution in [3.63, 3.8) is 0 Å². The first-order valence-corrected chi connectivity index (χ1v) is 6.53. The number of aliphatic hydroxyl groups is 1. The molecule has 0 radical (unpaired) electrons. The number of halogens is 1. The summed E-state index contributed by atoms with van der Waals surface area (Å²) in [6.45, 7) is 2.05. The number of hydrogen-bond donors (Lipinski definition) is 3. The van der Waals surface area contributed by atoms with Crippen LogP contribution in [0.2, 0.25) is 0 Å².